The zero-order chi connectivity index (χ0) is 33.9. The maximum atomic E-state index is 14.5. The van der Waals surface area contributed by atoms with E-state index in [-0.39, 0.29) is 48.5 Å². The van der Waals surface area contributed by atoms with E-state index in [0.29, 0.717) is 51.9 Å². The van der Waals surface area contributed by atoms with Gasteiger partial charge in [-0.2, -0.15) is 0 Å². The van der Waals surface area contributed by atoms with E-state index in [4.69, 9.17) is 22.9 Å². The van der Waals surface area contributed by atoms with Crippen LogP contribution in [0.4, 0.5) is 0 Å². The van der Waals surface area contributed by atoms with Crippen LogP contribution in [-0.2, 0) is 22.7 Å². The number of amides is 2. The predicted molar refractivity (Wildman–Crippen MR) is 207 cm³/mol. The van der Waals surface area contributed by atoms with Crippen LogP contribution in [0.1, 0.15) is 36.8 Å². The van der Waals surface area contributed by atoms with Gasteiger partial charge < -0.3 is 32.7 Å². The third kappa shape index (κ3) is 10.5. The second kappa shape index (κ2) is 19.2. The van der Waals surface area contributed by atoms with Crippen LogP contribution < -0.4 is 22.9 Å². The van der Waals surface area contributed by atoms with Crippen LogP contribution in [0.2, 0.25) is 0 Å². The Morgan fingerprint density at radius 2 is 0.820 bits per heavy atom. The molecule has 0 spiro atoms. The zero-order valence-corrected chi connectivity index (χ0v) is 29.6. The van der Waals surface area contributed by atoms with Crippen LogP contribution in [0.3, 0.4) is 0 Å². The quantitative estimate of drug-likeness (QED) is 0.0806. The summed E-state index contributed by atoms with van der Waals surface area (Å²) in [5.74, 6) is -0.200. The summed E-state index contributed by atoms with van der Waals surface area (Å²) in [7, 11) is 0. The van der Waals surface area contributed by atoms with Gasteiger partial charge in [0.1, 0.15) is 12.1 Å². The normalized spacial score (nSPS) is 15.4. The van der Waals surface area contributed by atoms with Gasteiger partial charge in [0.05, 0.1) is 0 Å². The summed E-state index contributed by atoms with van der Waals surface area (Å²) in [6.07, 6.45) is 1.93. The van der Waals surface area contributed by atoms with E-state index < -0.39 is 12.1 Å². The molecule has 264 valence electrons. The topological polar surface area (TPSA) is 169 Å². The molecule has 2 atom stereocenters. The van der Waals surface area contributed by atoms with E-state index >= 15 is 0 Å². The maximum Gasteiger partial charge on any atom is 0.246 e. The minimum absolute atomic E-state index is 0. The second-order valence-electron chi connectivity index (χ2n) is 12.0. The summed E-state index contributed by atoms with van der Waals surface area (Å²) in [5, 5.41) is 0. The van der Waals surface area contributed by atoms with Crippen molar-refractivity contribution in [3.05, 3.63) is 120 Å². The van der Waals surface area contributed by atoms with Crippen LogP contribution in [-0.4, -0.2) is 58.7 Å². The summed E-state index contributed by atoms with van der Waals surface area (Å²) in [6, 6.07) is 35.2. The van der Waals surface area contributed by atoms with Gasteiger partial charge in [0.15, 0.2) is 11.9 Å². The van der Waals surface area contributed by atoms with Gasteiger partial charge in [0, 0.05) is 26.2 Å². The molecule has 0 unspecified atom stereocenters. The smallest absolute Gasteiger partial charge is 0.246 e. The summed E-state index contributed by atoms with van der Waals surface area (Å²) in [5.41, 5.74) is 28.5. The van der Waals surface area contributed by atoms with Crippen molar-refractivity contribution in [3.63, 3.8) is 0 Å². The Hall–Kier alpha value is -5.06. The van der Waals surface area contributed by atoms with Crippen LogP contribution in [0.15, 0.2) is 119 Å². The molecule has 1 aliphatic heterocycles. The maximum absolute atomic E-state index is 14.5. The van der Waals surface area contributed by atoms with Gasteiger partial charge in [-0.1, -0.05) is 109 Å². The Labute approximate surface area is 306 Å². The minimum Gasteiger partial charge on any atom is -0.370 e. The first-order chi connectivity index (χ1) is 23.3. The van der Waals surface area contributed by atoms with E-state index in [1.54, 1.807) is 9.80 Å². The SMILES string of the molecule is Cl.Cl.NC(N)=NCCC[C@@H]1C(=O)N(Cc2ccc(-c3ccccc3)cc2)[C@@H](CCCN=C(N)N)C(=O)N1Cc1ccc(-c2ccccc2)cc1. The van der Waals surface area contributed by atoms with E-state index in [0.717, 1.165) is 33.4 Å². The number of guanidine groups is 2. The van der Waals surface area contributed by atoms with Gasteiger partial charge >= 0.3 is 0 Å². The molecule has 1 fully saturated rings. The van der Waals surface area contributed by atoms with Crippen molar-refractivity contribution in [1.29, 1.82) is 0 Å². The van der Waals surface area contributed by atoms with Crippen molar-refractivity contribution in [1.82, 2.24) is 9.80 Å². The molecule has 4 aromatic carbocycles. The monoisotopic (exact) mass is 716 g/mol. The third-order valence-corrected chi connectivity index (χ3v) is 8.58. The van der Waals surface area contributed by atoms with Crippen molar-refractivity contribution in [3.8, 4) is 22.3 Å². The first kappa shape index (κ1) is 39.4. The van der Waals surface area contributed by atoms with Crippen molar-refractivity contribution in [2.75, 3.05) is 13.1 Å². The van der Waals surface area contributed by atoms with E-state index in [1.165, 1.54) is 0 Å². The van der Waals surface area contributed by atoms with Gasteiger partial charge in [0.2, 0.25) is 11.8 Å². The molecule has 10 nitrogen and oxygen atoms in total. The number of aliphatic imine (C=N–C) groups is 2. The highest BCUT2D eigenvalue weighted by Crippen LogP contribution is 2.29. The van der Waals surface area contributed by atoms with E-state index in [2.05, 4.69) is 34.3 Å². The average molecular weight is 718 g/mol. The molecule has 0 bridgehead atoms. The molecule has 8 N–H and O–H groups in total. The Kier molecular flexibility index (Phi) is 15.1. The molecule has 0 aliphatic carbocycles. The molecule has 0 aromatic heterocycles. The lowest BCUT2D eigenvalue weighted by atomic mass is 9.95. The van der Waals surface area contributed by atoms with Gasteiger partial charge in [0.25, 0.3) is 0 Å². The Bertz CT molecular complexity index is 1580. The van der Waals surface area contributed by atoms with Gasteiger partial charge in [-0.25, -0.2) is 0 Å². The summed E-state index contributed by atoms with van der Waals surface area (Å²) in [6.45, 7) is 1.33. The van der Waals surface area contributed by atoms with Crippen molar-refractivity contribution in [2.45, 2.75) is 50.9 Å². The molecule has 50 heavy (non-hydrogen) atoms. The number of piperazine rings is 1. The van der Waals surface area contributed by atoms with E-state index in [9.17, 15) is 9.59 Å². The second-order valence-corrected chi connectivity index (χ2v) is 12.0. The number of benzene rings is 4. The molecular weight excluding hydrogens is 671 g/mol. The lowest BCUT2D eigenvalue weighted by molar-refractivity contribution is -0.164. The van der Waals surface area contributed by atoms with Crippen LogP contribution in [0.5, 0.6) is 0 Å². The van der Waals surface area contributed by atoms with Gasteiger partial charge in [-0.3, -0.25) is 19.6 Å². The molecule has 2 amide bonds. The summed E-state index contributed by atoms with van der Waals surface area (Å²) >= 11 is 0. The highest BCUT2D eigenvalue weighted by molar-refractivity contribution is 5.97. The largest absolute Gasteiger partial charge is 0.370 e. The zero-order valence-electron chi connectivity index (χ0n) is 27.9. The fourth-order valence-electron chi connectivity index (χ4n) is 6.14. The minimum atomic E-state index is -0.668. The number of nitrogens with zero attached hydrogens (tertiary/aromatic N) is 4. The highest BCUT2D eigenvalue weighted by atomic mass is 35.5. The van der Waals surface area contributed by atoms with Crippen LogP contribution >= 0.6 is 24.8 Å². The number of carbonyl (C=O) groups is 2. The van der Waals surface area contributed by atoms with Crippen molar-refractivity contribution >= 4 is 48.5 Å². The lowest BCUT2D eigenvalue weighted by Gasteiger charge is -2.45. The molecule has 12 heteroatoms. The van der Waals surface area contributed by atoms with Crippen LogP contribution in [0, 0.1) is 0 Å². The Balaban J connectivity index is 0.00000338. The molecule has 5 rings (SSSR count). The van der Waals surface area contributed by atoms with Crippen molar-refractivity contribution in [2.24, 2.45) is 32.9 Å². The first-order valence-electron chi connectivity index (χ1n) is 16.3. The first-order valence-corrected chi connectivity index (χ1v) is 16.3. The number of halogens is 2. The van der Waals surface area contributed by atoms with Gasteiger partial charge in [-0.15, -0.1) is 24.8 Å². The molecule has 1 aliphatic rings. The Morgan fingerprint density at radius 3 is 1.14 bits per heavy atom. The number of rotatable bonds is 14. The Morgan fingerprint density at radius 1 is 0.500 bits per heavy atom. The standard InChI is InChI=1S/C38H44N8O2.2ClH/c39-37(40)43-23-7-13-33-36(48)46(26-28-17-21-32(22-18-28)30-11-5-2-6-12-30)34(14-8-24-44-38(41)42)35(47)45(33)25-27-15-19-31(20-16-27)29-9-3-1-4-10-29;;/h1-6,9-12,15-22,33-34H,7-8,13-14,23-26H2,(H4,39,40,43)(H4,41,42,44);2*1H/t33-,34+;;. The predicted octanol–water partition coefficient (Wildman–Crippen LogP) is 5.08. The molecule has 4 aromatic rings. The number of hydrogen-bond acceptors (Lipinski definition) is 4. The molecule has 1 saturated heterocycles. The molecule has 0 radical (unpaired) electrons. The lowest BCUT2D eigenvalue weighted by Crippen LogP contribution is -2.64. The molecule has 0 saturated carbocycles. The van der Waals surface area contributed by atoms with Crippen LogP contribution in [0.25, 0.3) is 22.3 Å². The average Bonchev–Trinajstić information content (AvgIpc) is 3.10. The molecular formula is C38H46Cl2N8O2. The van der Waals surface area contributed by atoms with E-state index in [1.807, 2.05) is 84.9 Å². The van der Waals surface area contributed by atoms with Gasteiger partial charge in [-0.05, 0) is 59.1 Å². The fraction of sp³-hybridized carbons (Fsp3) is 0.263. The van der Waals surface area contributed by atoms with Crippen molar-refractivity contribution < 1.29 is 9.59 Å². The fourth-order valence-corrected chi connectivity index (χ4v) is 6.14. The number of carbonyl (C=O) groups excluding carboxylic acids is 2. The molecule has 1 heterocycles. The highest BCUT2D eigenvalue weighted by Gasteiger charge is 2.45. The number of hydrogen-bond donors (Lipinski definition) is 4. The summed E-state index contributed by atoms with van der Waals surface area (Å²) in [4.78, 5) is 40.6. The number of nitrogens with two attached hydrogens (primary N) is 4. The third-order valence-electron chi connectivity index (χ3n) is 8.58. The summed E-state index contributed by atoms with van der Waals surface area (Å²) < 4.78 is 0.